The maximum absolute atomic E-state index is 13.9. The fourth-order valence-electron chi connectivity index (χ4n) is 4.60. The third-order valence-electron chi connectivity index (χ3n) is 6.63. The average Bonchev–Trinajstić information content (AvgIpc) is 3.14. The van der Waals surface area contributed by atoms with E-state index in [1.807, 2.05) is 6.92 Å². The number of anilines is 1. The number of alkyl halides is 3. The second kappa shape index (κ2) is 10.8. The van der Waals surface area contributed by atoms with Crippen molar-refractivity contribution in [3.05, 3.63) is 36.3 Å². The van der Waals surface area contributed by atoms with Crippen molar-refractivity contribution in [2.24, 2.45) is 13.0 Å². The van der Waals surface area contributed by atoms with E-state index >= 15 is 0 Å². The molecule has 0 spiro atoms. The Morgan fingerprint density at radius 1 is 1.26 bits per heavy atom. The summed E-state index contributed by atoms with van der Waals surface area (Å²) in [6, 6.07) is 2.52. The number of Topliss-reactive ketones (excluding diaryl/α,β-unsaturated/α-hetero) is 1. The van der Waals surface area contributed by atoms with Crippen LogP contribution in [0.1, 0.15) is 61.6 Å². The Kier molecular flexibility index (Phi) is 8.25. The number of rotatable bonds is 9. The lowest BCUT2D eigenvalue weighted by Gasteiger charge is -2.26. The van der Waals surface area contributed by atoms with Gasteiger partial charge in [-0.25, -0.2) is 4.98 Å². The first-order valence-electron chi connectivity index (χ1n) is 11.9. The number of aromatic nitrogens is 2. The normalized spacial score (nSPS) is 18.5. The molecule has 192 valence electrons. The molecule has 1 N–H and O–H groups in total. The summed E-state index contributed by atoms with van der Waals surface area (Å²) in [7, 11) is 3.08. The topological polar surface area (TPSA) is 78.7 Å². The SMILES string of the molecule is C=CN(C)c1cc(C(F)(F)F)c2nc(C(=O)N(CCC)CC(=O)CC3CCC(O)CC3)n(C)c2c1. The number of hydrogen-bond acceptors (Lipinski definition) is 5. The molecule has 35 heavy (non-hydrogen) atoms. The molecule has 1 aromatic heterocycles. The number of hydrogen-bond donors (Lipinski definition) is 1. The van der Waals surface area contributed by atoms with Crippen LogP contribution in [0.2, 0.25) is 0 Å². The van der Waals surface area contributed by atoms with Crippen molar-refractivity contribution in [2.45, 2.75) is 57.7 Å². The van der Waals surface area contributed by atoms with E-state index in [0.717, 1.165) is 18.9 Å². The van der Waals surface area contributed by atoms with E-state index in [-0.39, 0.29) is 53.4 Å². The Hall–Kier alpha value is -2.88. The first kappa shape index (κ1) is 26.7. The third kappa shape index (κ3) is 6.04. The largest absolute Gasteiger partial charge is 0.418 e. The Morgan fingerprint density at radius 2 is 1.91 bits per heavy atom. The minimum atomic E-state index is -4.67. The lowest BCUT2D eigenvalue weighted by Crippen LogP contribution is -2.38. The van der Waals surface area contributed by atoms with Crippen LogP contribution in [0.5, 0.6) is 0 Å². The molecule has 0 radical (unpaired) electrons. The molecule has 0 aliphatic heterocycles. The van der Waals surface area contributed by atoms with E-state index in [1.165, 1.54) is 33.7 Å². The number of aryl methyl sites for hydroxylation is 1. The molecule has 0 bridgehead atoms. The van der Waals surface area contributed by atoms with Crippen LogP contribution >= 0.6 is 0 Å². The van der Waals surface area contributed by atoms with Crippen molar-refractivity contribution in [2.75, 3.05) is 25.0 Å². The molecular weight excluding hydrogens is 461 g/mol. The van der Waals surface area contributed by atoms with Gasteiger partial charge in [0.1, 0.15) is 5.52 Å². The standard InChI is InChI=1S/C25H33F3N4O3/c1-5-11-32(15-19(34)12-16-7-9-18(33)10-8-16)24(35)23-29-22-20(25(26,27)28)13-17(30(3)6-2)14-21(22)31(23)4/h6,13-14,16,18,33H,2,5,7-12,15H2,1,3-4H3. The van der Waals surface area contributed by atoms with Crippen LogP contribution in [0, 0.1) is 5.92 Å². The number of aliphatic hydroxyl groups is 1. The molecule has 2 aromatic rings. The number of amides is 1. The van der Waals surface area contributed by atoms with Gasteiger partial charge < -0.3 is 19.5 Å². The van der Waals surface area contributed by atoms with Crippen molar-refractivity contribution in [1.29, 1.82) is 0 Å². The summed E-state index contributed by atoms with van der Waals surface area (Å²) in [6.07, 6.45) is 0.176. The van der Waals surface area contributed by atoms with E-state index in [1.54, 1.807) is 7.05 Å². The highest BCUT2D eigenvalue weighted by Crippen LogP contribution is 2.38. The zero-order valence-corrected chi connectivity index (χ0v) is 20.4. The molecule has 7 nitrogen and oxygen atoms in total. The Morgan fingerprint density at radius 3 is 2.49 bits per heavy atom. The minimum absolute atomic E-state index is 0.0992. The molecule has 1 amide bonds. The van der Waals surface area contributed by atoms with Crippen LogP contribution in [-0.4, -0.2) is 57.5 Å². The van der Waals surface area contributed by atoms with Gasteiger partial charge in [-0.05, 0) is 56.4 Å². The van der Waals surface area contributed by atoms with Crippen LogP contribution in [0.25, 0.3) is 11.0 Å². The van der Waals surface area contributed by atoms with E-state index in [4.69, 9.17) is 0 Å². The lowest BCUT2D eigenvalue weighted by molar-refractivity contribution is -0.136. The van der Waals surface area contributed by atoms with Gasteiger partial charge in [0.2, 0.25) is 0 Å². The highest BCUT2D eigenvalue weighted by molar-refractivity contribution is 5.98. The quantitative estimate of drug-likeness (QED) is 0.554. The number of carbonyl (C=O) groups excluding carboxylic acids is 2. The van der Waals surface area contributed by atoms with E-state index in [2.05, 4.69) is 11.6 Å². The number of carbonyl (C=O) groups is 2. The van der Waals surface area contributed by atoms with Gasteiger partial charge in [0, 0.05) is 32.7 Å². The predicted molar refractivity (Wildman–Crippen MR) is 128 cm³/mol. The number of halogens is 3. The fraction of sp³-hybridized carbons (Fsp3) is 0.560. The van der Waals surface area contributed by atoms with Gasteiger partial charge in [-0.2, -0.15) is 13.2 Å². The van der Waals surface area contributed by atoms with Gasteiger partial charge in [0.15, 0.2) is 11.6 Å². The first-order chi connectivity index (χ1) is 16.5. The molecule has 1 heterocycles. The Bertz CT molecular complexity index is 1090. The summed E-state index contributed by atoms with van der Waals surface area (Å²) >= 11 is 0. The predicted octanol–water partition coefficient (Wildman–Crippen LogP) is 4.53. The van der Waals surface area contributed by atoms with E-state index in [0.29, 0.717) is 25.7 Å². The molecule has 0 atom stereocenters. The zero-order valence-electron chi connectivity index (χ0n) is 20.4. The molecule has 3 rings (SSSR count). The molecule has 1 aliphatic carbocycles. The molecule has 1 fully saturated rings. The average molecular weight is 495 g/mol. The van der Waals surface area contributed by atoms with Gasteiger partial charge >= 0.3 is 6.18 Å². The summed E-state index contributed by atoms with van der Waals surface area (Å²) < 4.78 is 42.9. The summed E-state index contributed by atoms with van der Waals surface area (Å²) in [5.41, 5.74) is -0.825. The van der Waals surface area contributed by atoms with Crippen molar-refractivity contribution < 1.29 is 27.9 Å². The highest BCUT2D eigenvalue weighted by atomic mass is 19.4. The number of imidazole rings is 1. The second-order valence-corrected chi connectivity index (χ2v) is 9.29. The maximum atomic E-state index is 13.9. The minimum Gasteiger partial charge on any atom is -0.393 e. The number of aliphatic hydroxyl groups excluding tert-OH is 1. The first-order valence-corrected chi connectivity index (χ1v) is 11.9. The van der Waals surface area contributed by atoms with E-state index < -0.39 is 17.6 Å². The van der Waals surface area contributed by atoms with Crippen molar-refractivity contribution in [1.82, 2.24) is 14.5 Å². The number of ketones is 1. The molecule has 0 unspecified atom stereocenters. The fourth-order valence-corrected chi connectivity index (χ4v) is 4.60. The lowest BCUT2D eigenvalue weighted by atomic mass is 9.84. The van der Waals surface area contributed by atoms with Gasteiger partial charge in [-0.1, -0.05) is 13.5 Å². The summed E-state index contributed by atoms with van der Waals surface area (Å²) in [5.74, 6) is -0.650. The van der Waals surface area contributed by atoms with Crippen molar-refractivity contribution in [3.8, 4) is 0 Å². The van der Waals surface area contributed by atoms with Crippen LogP contribution < -0.4 is 4.90 Å². The van der Waals surface area contributed by atoms with E-state index in [9.17, 15) is 27.9 Å². The molecule has 1 aliphatic rings. The van der Waals surface area contributed by atoms with Crippen molar-refractivity contribution >= 4 is 28.4 Å². The number of benzene rings is 1. The summed E-state index contributed by atoms with van der Waals surface area (Å²) in [4.78, 5) is 33.1. The smallest absolute Gasteiger partial charge is 0.393 e. The molecule has 1 saturated carbocycles. The molecular formula is C25H33F3N4O3. The highest BCUT2D eigenvalue weighted by Gasteiger charge is 2.36. The van der Waals surface area contributed by atoms with Gasteiger partial charge in [-0.3, -0.25) is 9.59 Å². The second-order valence-electron chi connectivity index (χ2n) is 9.29. The van der Waals surface area contributed by atoms with Crippen LogP contribution in [0.15, 0.2) is 24.9 Å². The third-order valence-corrected chi connectivity index (χ3v) is 6.63. The summed E-state index contributed by atoms with van der Waals surface area (Å²) in [6.45, 7) is 5.63. The van der Waals surface area contributed by atoms with Crippen molar-refractivity contribution in [3.63, 3.8) is 0 Å². The van der Waals surface area contributed by atoms with Gasteiger partial charge in [-0.15, -0.1) is 0 Å². The molecule has 1 aromatic carbocycles. The van der Waals surface area contributed by atoms with Crippen LogP contribution in [-0.2, 0) is 18.0 Å². The van der Waals surface area contributed by atoms with Crippen LogP contribution in [0.4, 0.5) is 18.9 Å². The Balaban J connectivity index is 1.91. The zero-order chi connectivity index (χ0) is 25.9. The maximum Gasteiger partial charge on any atom is 0.418 e. The monoisotopic (exact) mass is 494 g/mol. The molecule has 10 heteroatoms. The number of nitrogens with zero attached hydrogens (tertiary/aromatic N) is 4. The summed E-state index contributed by atoms with van der Waals surface area (Å²) in [5, 5.41) is 9.67. The van der Waals surface area contributed by atoms with Crippen LogP contribution in [0.3, 0.4) is 0 Å². The Labute approximate surface area is 203 Å². The number of fused-ring (bicyclic) bond motifs is 1. The molecule has 0 saturated heterocycles. The van der Waals surface area contributed by atoms with Gasteiger partial charge in [0.05, 0.1) is 23.7 Å². The van der Waals surface area contributed by atoms with Gasteiger partial charge in [0.25, 0.3) is 5.91 Å².